The fourth-order valence-corrected chi connectivity index (χ4v) is 3.16. The molecule has 0 saturated heterocycles. The van der Waals surface area contributed by atoms with Crippen LogP contribution in [0.4, 0.5) is 33.6 Å². The Kier molecular flexibility index (Phi) is 5.70. The van der Waals surface area contributed by atoms with Crippen molar-refractivity contribution in [1.29, 1.82) is 0 Å². The Morgan fingerprint density at radius 3 is 2.37 bits per heavy atom. The molecule has 0 spiro atoms. The molecule has 6 nitrogen and oxygen atoms in total. The fraction of sp³-hybridized carbons (Fsp3) is 0.174. The van der Waals surface area contributed by atoms with Gasteiger partial charge in [0.1, 0.15) is 5.82 Å². The molecule has 1 heterocycles. The molecule has 1 atom stereocenters. The average molecular weight is 402 g/mol. The van der Waals surface area contributed by atoms with Crippen molar-refractivity contribution in [2.75, 3.05) is 16.0 Å². The third kappa shape index (κ3) is 5.00. The van der Waals surface area contributed by atoms with Gasteiger partial charge in [0.25, 0.3) is 0 Å². The topological polar surface area (TPSA) is 74.8 Å². The zero-order valence-corrected chi connectivity index (χ0v) is 16.9. The minimum atomic E-state index is -0.380. The Bertz CT molecular complexity index is 1110. The number of allylic oxidation sites excluding steroid dienone is 4. The molecule has 0 unspecified atom stereocenters. The van der Waals surface area contributed by atoms with Gasteiger partial charge in [-0.3, -0.25) is 0 Å². The zero-order valence-electron chi connectivity index (χ0n) is 16.9. The fourth-order valence-electron chi connectivity index (χ4n) is 3.16. The molecule has 3 N–H and O–H groups in total. The van der Waals surface area contributed by atoms with Crippen LogP contribution >= 0.6 is 0 Å². The second kappa shape index (κ2) is 8.73. The number of rotatable bonds is 6. The number of nitrogens with zero attached hydrogens (tertiary/aromatic N) is 3. The van der Waals surface area contributed by atoms with E-state index < -0.39 is 0 Å². The standard InChI is InChI=1S/C23H23FN6/c1-15-7-5-9-17(13-15)25-21-28-22(26-18-10-6-8-16(2)14-18)30-23(29-21)27-20-12-4-3-11-19(20)24/h3-13,16H,14H2,1-2H3,(H3,25,26,27,28,29,30)/t16-/m1/s1. The number of nitrogens with one attached hydrogen (secondary N) is 3. The highest BCUT2D eigenvalue weighted by atomic mass is 19.1. The van der Waals surface area contributed by atoms with Crippen LogP contribution in [0.25, 0.3) is 0 Å². The molecule has 4 rings (SSSR count). The van der Waals surface area contributed by atoms with Crippen LogP contribution in [0.2, 0.25) is 0 Å². The molecule has 0 radical (unpaired) electrons. The molecule has 0 bridgehead atoms. The van der Waals surface area contributed by atoms with E-state index in [-0.39, 0.29) is 11.8 Å². The van der Waals surface area contributed by atoms with Gasteiger partial charge in [-0.25, -0.2) is 4.39 Å². The van der Waals surface area contributed by atoms with Crippen LogP contribution < -0.4 is 16.0 Å². The van der Waals surface area contributed by atoms with Crippen molar-refractivity contribution < 1.29 is 4.39 Å². The molecule has 0 aliphatic heterocycles. The quantitative estimate of drug-likeness (QED) is 0.491. The summed E-state index contributed by atoms with van der Waals surface area (Å²) in [5, 5.41) is 9.41. The van der Waals surface area contributed by atoms with Gasteiger partial charge in [0.15, 0.2) is 0 Å². The van der Waals surface area contributed by atoms with Gasteiger partial charge in [-0.1, -0.05) is 43.3 Å². The molecule has 1 aliphatic rings. The summed E-state index contributed by atoms with van der Waals surface area (Å²) in [5.41, 5.74) is 3.28. The van der Waals surface area contributed by atoms with Gasteiger partial charge in [-0.15, -0.1) is 0 Å². The summed E-state index contributed by atoms with van der Waals surface area (Å²) in [5.74, 6) is 1.03. The maximum Gasteiger partial charge on any atom is 0.233 e. The molecule has 152 valence electrons. The van der Waals surface area contributed by atoms with Crippen molar-refractivity contribution in [3.8, 4) is 0 Å². The number of benzene rings is 2. The number of hydrogen-bond donors (Lipinski definition) is 3. The average Bonchev–Trinajstić information content (AvgIpc) is 2.70. The first-order valence-electron chi connectivity index (χ1n) is 9.81. The van der Waals surface area contributed by atoms with Crippen LogP contribution in [0.1, 0.15) is 18.9 Å². The summed E-state index contributed by atoms with van der Waals surface area (Å²) in [7, 11) is 0. The SMILES string of the molecule is Cc1cccc(Nc2nc(NC3=CC=C[C@@H](C)C3)nc(Nc3ccccc3F)n2)c1. The summed E-state index contributed by atoms with van der Waals surface area (Å²) < 4.78 is 14.1. The molecule has 0 amide bonds. The van der Waals surface area contributed by atoms with E-state index in [0.29, 0.717) is 23.5 Å². The predicted octanol–water partition coefficient (Wildman–Crippen LogP) is 5.70. The molecule has 30 heavy (non-hydrogen) atoms. The summed E-state index contributed by atoms with van der Waals surface area (Å²) in [4.78, 5) is 13.3. The number of anilines is 5. The second-order valence-electron chi connectivity index (χ2n) is 7.29. The lowest BCUT2D eigenvalue weighted by molar-refractivity contribution is 0.631. The van der Waals surface area contributed by atoms with Gasteiger partial charge in [-0.05, 0) is 55.2 Å². The van der Waals surface area contributed by atoms with E-state index in [1.54, 1.807) is 18.2 Å². The second-order valence-corrected chi connectivity index (χ2v) is 7.29. The normalized spacial score (nSPS) is 15.4. The molecule has 3 aromatic rings. The molecule has 2 aromatic carbocycles. The lowest BCUT2D eigenvalue weighted by Gasteiger charge is -2.16. The van der Waals surface area contributed by atoms with Gasteiger partial charge in [0, 0.05) is 11.4 Å². The van der Waals surface area contributed by atoms with Crippen molar-refractivity contribution >= 4 is 29.2 Å². The third-order valence-electron chi connectivity index (χ3n) is 4.58. The predicted molar refractivity (Wildman–Crippen MR) is 119 cm³/mol. The van der Waals surface area contributed by atoms with Gasteiger partial charge in [-0.2, -0.15) is 15.0 Å². The Morgan fingerprint density at radius 2 is 1.63 bits per heavy atom. The molecule has 1 aromatic heterocycles. The van der Waals surface area contributed by atoms with E-state index in [2.05, 4.69) is 43.9 Å². The lowest BCUT2D eigenvalue weighted by Crippen LogP contribution is -2.12. The Hall–Kier alpha value is -3.74. The van der Waals surface area contributed by atoms with E-state index >= 15 is 0 Å². The molecule has 0 fully saturated rings. The minimum Gasteiger partial charge on any atom is -0.328 e. The number of para-hydroxylation sites is 1. The minimum absolute atomic E-state index is 0.243. The molecular weight excluding hydrogens is 379 g/mol. The number of aryl methyl sites for hydroxylation is 1. The highest BCUT2D eigenvalue weighted by Crippen LogP contribution is 2.23. The maximum atomic E-state index is 14.1. The first-order valence-corrected chi connectivity index (χ1v) is 9.81. The van der Waals surface area contributed by atoms with Crippen LogP contribution in [0.5, 0.6) is 0 Å². The van der Waals surface area contributed by atoms with Crippen LogP contribution in [-0.2, 0) is 0 Å². The van der Waals surface area contributed by atoms with Gasteiger partial charge < -0.3 is 16.0 Å². The van der Waals surface area contributed by atoms with E-state index in [0.717, 1.165) is 23.4 Å². The van der Waals surface area contributed by atoms with Crippen molar-refractivity contribution in [2.45, 2.75) is 20.3 Å². The van der Waals surface area contributed by atoms with Crippen LogP contribution in [0.3, 0.4) is 0 Å². The summed E-state index contributed by atoms with van der Waals surface area (Å²) in [6.45, 7) is 4.16. The first kappa shape index (κ1) is 19.6. The molecule has 0 saturated carbocycles. The van der Waals surface area contributed by atoms with Crippen LogP contribution in [0.15, 0.2) is 72.5 Å². The van der Waals surface area contributed by atoms with Crippen LogP contribution in [-0.4, -0.2) is 15.0 Å². The Labute approximate surface area is 175 Å². The Morgan fingerprint density at radius 1 is 0.900 bits per heavy atom. The van der Waals surface area contributed by atoms with E-state index in [9.17, 15) is 4.39 Å². The van der Waals surface area contributed by atoms with Crippen molar-refractivity contribution in [3.05, 3.63) is 83.8 Å². The highest BCUT2D eigenvalue weighted by Gasteiger charge is 2.12. The molecule has 1 aliphatic carbocycles. The highest BCUT2D eigenvalue weighted by molar-refractivity contribution is 5.60. The number of aromatic nitrogens is 3. The monoisotopic (exact) mass is 402 g/mol. The van der Waals surface area contributed by atoms with Gasteiger partial charge in [0.2, 0.25) is 17.8 Å². The largest absolute Gasteiger partial charge is 0.328 e. The third-order valence-corrected chi connectivity index (χ3v) is 4.58. The smallest absolute Gasteiger partial charge is 0.233 e. The van der Waals surface area contributed by atoms with Gasteiger partial charge in [0.05, 0.1) is 5.69 Å². The number of halogens is 1. The maximum absolute atomic E-state index is 14.1. The van der Waals surface area contributed by atoms with E-state index in [1.165, 1.54) is 6.07 Å². The van der Waals surface area contributed by atoms with Crippen molar-refractivity contribution in [2.24, 2.45) is 5.92 Å². The van der Waals surface area contributed by atoms with Crippen molar-refractivity contribution in [1.82, 2.24) is 15.0 Å². The zero-order chi connectivity index (χ0) is 20.9. The van der Waals surface area contributed by atoms with Crippen LogP contribution in [0, 0.1) is 18.7 Å². The lowest BCUT2D eigenvalue weighted by atomic mass is 10.0. The molecular formula is C23H23FN6. The summed E-state index contributed by atoms with van der Waals surface area (Å²) in [6.07, 6.45) is 7.02. The molecule has 7 heteroatoms. The number of hydrogen-bond acceptors (Lipinski definition) is 6. The summed E-state index contributed by atoms with van der Waals surface area (Å²) >= 11 is 0. The summed E-state index contributed by atoms with van der Waals surface area (Å²) in [6, 6.07) is 14.3. The van der Waals surface area contributed by atoms with E-state index in [4.69, 9.17) is 0 Å². The van der Waals surface area contributed by atoms with Gasteiger partial charge >= 0.3 is 0 Å². The van der Waals surface area contributed by atoms with E-state index in [1.807, 2.05) is 43.3 Å². The Balaban J connectivity index is 1.65. The van der Waals surface area contributed by atoms with Crippen molar-refractivity contribution in [3.63, 3.8) is 0 Å². The first-order chi connectivity index (χ1) is 14.5.